The van der Waals surface area contributed by atoms with Crippen LogP contribution in [-0.4, -0.2) is 21.9 Å². The Morgan fingerprint density at radius 3 is 2.67 bits per heavy atom. The van der Waals surface area contributed by atoms with Gasteiger partial charge in [-0.2, -0.15) is 0 Å². The topological polar surface area (TPSA) is 96.0 Å². The Morgan fingerprint density at radius 2 is 1.93 bits per heavy atom. The van der Waals surface area contributed by atoms with Gasteiger partial charge < -0.3 is 10.6 Å². The highest BCUT2D eigenvalue weighted by atomic mass is 32.1. The summed E-state index contributed by atoms with van der Waals surface area (Å²) < 4.78 is 0. The Bertz CT molecular complexity index is 956. The third kappa shape index (κ3) is 5.11. The summed E-state index contributed by atoms with van der Waals surface area (Å²) in [6.45, 7) is 4.01. The fourth-order valence-corrected chi connectivity index (χ4v) is 3.27. The number of rotatable bonds is 5. The van der Waals surface area contributed by atoms with Crippen LogP contribution in [0, 0.1) is 13.8 Å². The van der Waals surface area contributed by atoms with E-state index in [1.54, 1.807) is 19.2 Å². The molecule has 0 saturated heterocycles. The monoisotopic (exact) mass is 381 g/mol. The molecule has 3 N–H and O–H groups in total. The Kier molecular flexibility index (Phi) is 5.77. The van der Waals surface area contributed by atoms with Gasteiger partial charge in [-0.25, -0.2) is 9.78 Å². The minimum atomic E-state index is -0.408. The van der Waals surface area contributed by atoms with Crippen LogP contribution >= 0.6 is 11.3 Å². The van der Waals surface area contributed by atoms with E-state index in [4.69, 9.17) is 0 Å². The average molecular weight is 381 g/mol. The van der Waals surface area contributed by atoms with E-state index in [0.717, 1.165) is 22.6 Å². The second-order valence-electron chi connectivity index (χ2n) is 5.89. The third-order valence-electron chi connectivity index (χ3n) is 3.66. The standard InChI is InChI=1S/C19H19N5O2S/c1-12-6-5-8-14(10-12)23-18(26)24-19-22-13(2)16(27-19)17(25)21-11-15-7-3-4-9-20-15/h3-10H,11H2,1-2H3,(H,21,25)(H2,22,23,24,26). The molecule has 0 aliphatic carbocycles. The number of carbonyl (C=O) groups excluding carboxylic acids is 2. The summed E-state index contributed by atoms with van der Waals surface area (Å²) in [7, 11) is 0. The number of hydrogen-bond donors (Lipinski definition) is 3. The molecule has 1 aromatic carbocycles. The predicted octanol–water partition coefficient (Wildman–Crippen LogP) is 3.73. The van der Waals surface area contributed by atoms with E-state index in [0.29, 0.717) is 27.9 Å². The smallest absolute Gasteiger partial charge is 0.325 e. The second-order valence-corrected chi connectivity index (χ2v) is 6.88. The molecule has 3 amide bonds. The van der Waals surface area contributed by atoms with Crippen molar-refractivity contribution in [1.29, 1.82) is 0 Å². The van der Waals surface area contributed by atoms with Crippen LogP contribution < -0.4 is 16.0 Å². The van der Waals surface area contributed by atoms with Crippen LogP contribution in [0.15, 0.2) is 48.7 Å². The van der Waals surface area contributed by atoms with Crippen molar-refractivity contribution < 1.29 is 9.59 Å². The van der Waals surface area contributed by atoms with Gasteiger partial charge in [0.1, 0.15) is 4.88 Å². The van der Waals surface area contributed by atoms with Crippen molar-refractivity contribution in [3.8, 4) is 0 Å². The fourth-order valence-electron chi connectivity index (χ4n) is 2.40. The first-order chi connectivity index (χ1) is 13.0. The quantitative estimate of drug-likeness (QED) is 0.627. The third-order valence-corrected chi connectivity index (χ3v) is 4.73. The fraction of sp³-hybridized carbons (Fsp3) is 0.158. The number of anilines is 2. The molecule has 0 saturated carbocycles. The number of amides is 3. The highest BCUT2D eigenvalue weighted by molar-refractivity contribution is 7.17. The van der Waals surface area contributed by atoms with Gasteiger partial charge in [-0.1, -0.05) is 29.5 Å². The van der Waals surface area contributed by atoms with Crippen molar-refractivity contribution in [1.82, 2.24) is 15.3 Å². The zero-order valence-corrected chi connectivity index (χ0v) is 15.8. The molecule has 7 nitrogen and oxygen atoms in total. The number of urea groups is 1. The Morgan fingerprint density at radius 1 is 1.07 bits per heavy atom. The molecule has 3 aromatic rings. The van der Waals surface area contributed by atoms with Crippen LogP contribution in [0.1, 0.15) is 26.6 Å². The maximum Gasteiger partial charge on any atom is 0.325 e. The number of thiazole rings is 1. The number of pyridine rings is 1. The van der Waals surface area contributed by atoms with Gasteiger partial charge in [0.25, 0.3) is 5.91 Å². The lowest BCUT2D eigenvalue weighted by Crippen LogP contribution is -2.23. The molecule has 0 fully saturated rings. The molecule has 0 radical (unpaired) electrons. The summed E-state index contributed by atoms with van der Waals surface area (Å²) >= 11 is 1.13. The van der Waals surface area contributed by atoms with Gasteiger partial charge in [0, 0.05) is 11.9 Å². The van der Waals surface area contributed by atoms with Gasteiger partial charge in [-0.05, 0) is 43.7 Å². The number of hydrogen-bond acceptors (Lipinski definition) is 5. The summed E-state index contributed by atoms with van der Waals surface area (Å²) in [5.74, 6) is -0.247. The van der Waals surface area contributed by atoms with Gasteiger partial charge >= 0.3 is 6.03 Å². The normalized spacial score (nSPS) is 10.3. The van der Waals surface area contributed by atoms with Gasteiger partial charge in [-0.3, -0.25) is 15.1 Å². The van der Waals surface area contributed by atoms with Gasteiger partial charge in [0.15, 0.2) is 5.13 Å². The van der Waals surface area contributed by atoms with Crippen LogP contribution in [0.5, 0.6) is 0 Å². The van der Waals surface area contributed by atoms with E-state index < -0.39 is 6.03 Å². The molecule has 0 bridgehead atoms. The van der Waals surface area contributed by atoms with E-state index in [-0.39, 0.29) is 5.91 Å². The molecular weight excluding hydrogens is 362 g/mol. The highest BCUT2D eigenvalue weighted by Crippen LogP contribution is 2.23. The van der Waals surface area contributed by atoms with E-state index in [9.17, 15) is 9.59 Å². The van der Waals surface area contributed by atoms with Gasteiger partial charge in [-0.15, -0.1) is 0 Å². The highest BCUT2D eigenvalue weighted by Gasteiger charge is 2.16. The SMILES string of the molecule is Cc1cccc(NC(=O)Nc2nc(C)c(C(=O)NCc3ccccn3)s2)c1. The molecule has 0 aliphatic heterocycles. The maximum atomic E-state index is 12.4. The molecule has 0 unspecified atom stereocenters. The zero-order chi connectivity index (χ0) is 19.2. The molecule has 8 heteroatoms. The number of carbonyl (C=O) groups is 2. The number of aryl methyl sites for hydroxylation is 2. The van der Waals surface area contributed by atoms with Gasteiger partial charge in [0.2, 0.25) is 0 Å². The first-order valence-corrected chi connectivity index (χ1v) is 9.13. The molecule has 0 atom stereocenters. The number of benzene rings is 1. The molecule has 0 aliphatic rings. The number of nitrogens with zero attached hydrogens (tertiary/aromatic N) is 2. The lowest BCUT2D eigenvalue weighted by molar-refractivity contribution is 0.0953. The Hall–Kier alpha value is -3.26. The molecule has 0 spiro atoms. The minimum Gasteiger partial charge on any atom is -0.346 e. The Balaban J connectivity index is 1.60. The summed E-state index contributed by atoms with van der Waals surface area (Å²) in [6.07, 6.45) is 1.67. The van der Waals surface area contributed by atoms with E-state index in [1.165, 1.54) is 0 Å². The lowest BCUT2D eigenvalue weighted by Gasteiger charge is -2.05. The lowest BCUT2D eigenvalue weighted by atomic mass is 10.2. The van der Waals surface area contributed by atoms with Crippen LogP contribution in [0.25, 0.3) is 0 Å². The van der Waals surface area contributed by atoms with Crippen molar-refractivity contribution in [3.63, 3.8) is 0 Å². The van der Waals surface area contributed by atoms with Crippen molar-refractivity contribution in [2.45, 2.75) is 20.4 Å². The zero-order valence-electron chi connectivity index (χ0n) is 14.9. The summed E-state index contributed by atoms with van der Waals surface area (Å²) in [4.78, 5) is 33.4. The van der Waals surface area contributed by atoms with Crippen molar-refractivity contribution in [3.05, 3.63) is 70.5 Å². The minimum absolute atomic E-state index is 0.247. The van der Waals surface area contributed by atoms with Crippen LogP contribution in [0.3, 0.4) is 0 Å². The predicted molar refractivity (Wildman–Crippen MR) is 106 cm³/mol. The molecule has 27 heavy (non-hydrogen) atoms. The van der Waals surface area contributed by atoms with E-state index in [2.05, 4.69) is 25.9 Å². The first-order valence-electron chi connectivity index (χ1n) is 8.31. The summed E-state index contributed by atoms with van der Waals surface area (Å²) in [5, 5.41) is 8.58. The summed E-state index contributed by atoms with van der Waals surface area (Å²) in [5.41, 5.74) is 3.06. The van der Waals surface area contributed by atoms with Crippen LogP contribution in [-0.2, 0) is 6.54 Å². The number of nitrogens with one attached hydrogen (secondary N) is 3. The maximum absolute atomic E-state index is 12.4. The average Bonchev–Trinajstić information content (AvgIpc) is 3.00. The molecular formula is C19H19N5O2S. The van der Waals surface area contributed by atoms with E-state index >= 15 is 0 Å². The van der Waals surface area contributed by atoms with Crippen LogP contribution in [0.2, 0.25) is 0 Å². The summed E-state index contributed by atoms with van der Waals surface area (Å²) in [6, 6.07) is 12.6. The van der Waals surface area contributed by atoms with Crippen molar-refractivity contribution in [2.24, 2.45) is 0 Å². The van der Waals surface area contributed by atoms with Crippen molar-refractivity contribution in [2.75, 3.05) is 10.6 Å². The Labute approximate surface area is 160 Å². The van der Waals surface area contributed by atoms with E-state index in [1.807, 2.05) is 43.3 Å². The van der Waals surface area contributed by atoms with Crippen LogP contribution in [0.4, 0.5) is 15.6 Å². The number of aromatic nitrogens is 2. The largest absolute Gasteiger partial charge is 0.346 e. The van der Waals surface area contributed by atoms with Gasteiger partial charge in [0.05, 0.1) is 17.9 Å². The van der Waals surface area contributed by atoms with Crippen molar-refractivity contribution >= 4 is 34.1 Å². The molecule has 2 aromatic heterocycles. The first kappa shape index (κ1) is 18.5. The molecule has 3 rings (SSSR count). The molecule has 138 valence electrons. The second kappa shape index (κ2) is 8.41. The molecule has 2 heterocycles.